The summed E-state index contributed by atoms with van der Waals surface area (Å²) >= 11 is 0. The Morgan fingerprint density at radius 1 is 1.10 bits per heavy atom. The second kappa shape index (κ2) is 6.83. The summed E-state index contributed by atoms with van der Waals surface area (Å²) in [6.07, 6.45) is 2.25. The van der Waals surface area contributed by atoms with Crippen molar-refractivity contribution < 1.29 is 14.3 Å². The van der Waals surface area contributed by atoms with Crippen molar-refractivity contribution in [2.75, 3.05) is 20.3 Å². The summed E-state index contributed by atoms with van der Waals surface area (Å²) < 4.78 is 11.9. The normalized spacial score (nSPS) is 29.2. The number of esters is 1. The molecule has 31 heavy (non-hydrogen) atoms. The lowest BCUT2D eigenvalue weighted by atomic mass is 9.65. The van der Waals surface area contributed by atoms with Crippen molar-refractivity contribution in [3.63, 3.8) is 0 Å². The number of fused-ring (bicyclic) bond motifs is 7. The van der Waals surface area contributed by atoms with Crippen LogP contribution in [0, 0.1) is 12.3 Å². The number of aryl methyl sites for hydroxylation is 1. The van der Waals surface area contributed by atoms with Crippen molar-refractivity contribution in [1.82, 2.24) is 4.90 Å². The number of methoxy groups -OCH3 is 1. The number of carbonyl (C=O) groups excluding carboxylic acids is 1. The average molecular weight is 414 g/mol. The molecule has 0 saturated carbocycles. The third kappa shape index (κ3) is 2.48. The Balaban J connectivity index is 1.64. The van der Waals surface area contributed by atoms with Crippen LogP contribution < -0.4 is 4.74 Å². The first-order valence-corrected chi connectivity index (χ1v) is 11.2. The molecule has 0 spiro atoms. The highest BCUT2D eigenvalue weighted by atomic mass is 16.5. The smallest absolute Gasteiger partial charge is 0.317 e. The van der Waals surface area contributed by atoms with Crippen molar-refractivity contribution in [2.24, 2.45) is 5.41 Å². The zero-order valence-corrected chi connectivity index (χ0v) is 18.0. The molecule has 0 bridgehead atoms. The van der Waals surface area contributed by atoms with Crippen LogP contribution in [0.25, 0.3) is 10.8 Å². The molecule has 0 N–H and O–H groups in total. The second-order valence-electron chi connectivity index (χ2n) is 9.26. The van der Waals surface area contributed by atoms with E-state index in [1.807, 2.05) is 0 Å². The van der Waals surface area contributed by atoms with Gasteiger partial charge in [0.2, 0.25) is 0 Å². The van der Waals surface area contributed by atoms with E-state index in [9.17, 15) is 4.79 Å². The maximum Gasteiger partial charge on any atom is 0.317 e. The maximum atomic E-state index is 13.7. The number of benzene rings is 3. The van der Waals surface area contributed by atoms with E-state index in [-0.39, 0.29) is 17.9 Å². The number of nitrogens with zero attached hydrogens (tertiary/aromatic N) is 1. The Kier molecular flexibility index (Phi) is 4.16. The minimum Gasteiger partial charge on any atom is -0.492 e. The summed E-state index contributed by atoms with van der Waals surface area (Å²) in [5.41, 5.74) is 2.83. The van der Waals surface area contributed by atoms with E-state index in [0.29, 0.717) is 12.6 Å². The summed E-state index contributed by atoms with van der Waals surface area (Å²) in [4.78, 5) is 16.2. The van der Waals surface area contributed by atoms with Gasteiger partial charge in [-0.05, 0) is 48.7 Å². The first-order chi connectivity index (χ1) is 15.1. The summed E-state index contributed by atoms with van der Waals surface area (Å²) in [6.45, 7) is 3.45. The van der Waals surface area contributed by atoms with Gasteiger partial charge in [-0.3, -0.25) is 9.69 Å². The van der Waals surface area contributed by atoms with Crippen LogP contribution >= 0.6 is 0 Å². The first-order valence-electron chi connectivity index (χ1n) is 11.2. The van der Waals surface area contributed by atoms with Gasteiger partial charge in [0.15, 0.2) is 0 Å². The number of hydrogen-bond acceptors (Lipinski definition) is 4. The molecule has 0 aliphatic carbocycles. The van der Waals surface area contributed by atoms with Gasteiger partial charge in [0, 0.05) is 17.5 Å². The van der Waals surface area contributed by atoms with Gasteiger partial charge in [0.05, 0.1) is 13.2 Å². The van der Waals surface area contributed by atoms with Crippen molar-refractivity contribution in [3.05, 3.63) is 77.4 Å². The quantitative estimate of drug-likeness (QED) is 0.554. The number of ether oxygens (including phenoxy) is 2. The fraction of sp³-hybridized carbons (Fsp3) is 0.370. The van der Waals surface area contributed by atoms with E-state index in [0.717, 1.165) is 30.7 Å². The molecule has 3 aromatic carbocycles. The van der Waals surface area contributed by atoms with Gasteiger partial charge in [0.25, 0.3) is 0 Å². The molecule has 0 unspecified atom stereocenters. The lowest BCUT2D eigenvalue weighted by molar-refractivity contribution is -0.159. The van der Waals surface area contributed by atoms with Crippen LogP contribution in [-0.4, -0.2) is 37.2 Å². The topological polar surface area (TPSA) is 38.8 Å². The van der Waals surface area contributed by atoms with Gasteiger partial charge in [0.1, 0.15) is 17.8 Å². The Morgan fingerprint density at radius 3 is 2.71 bits per heavy atom. The highest BCUT2D eigenvalue weighted by Gasteiger charge is 2.68. The minimum absolute atomic E-state index is 0.0418. The van der Waals surface area contributed by atoms with Crippen LogP contribution in [0.3, 0.4) is 0 Å². The highest BCUT2D eigenvalue weighted by molar-refractivity contribution is 5.91. The summed E-state index contributed by atoms with van der Waals surface area (Å²) in [5.74, 6) is 0.787. The number of rotatable bonds is 2. The Labute approximate surface area is 182 Å². The molecule has 4 nitrogen and oxygen atoms in total. The van der Waals surface area contributed by atoms with Gasteiger partial charge < -0.3 is 9.47 Å². The maximum absolute atomic E-state index is 13.7. The monoisotopic (exact) mass is 413 g/mol. The van der Waals surface area contributed by atoms with Crippen molar-refractivity contribution >= 4 is 16.7 Å². The number of hydrogen-bond donors (Lipinski definition) is 0. The molecule has 3 aromatic rings. The molecule has 2 fully saturated rings. The molecule has 0 radical (unpaired) electrons. The Hall–Kier alpha value is -2.85. The van der Waals surface area contributed by atoms with Gasteiger partial charge >= 0.3 is 5.97 Å². The van der Waals surface area contributed by atoms with E-state index < -0.39 is 5.41 Å². The SMILES string of the molecule is COC(=O)[C@]12COc3ccc4ccccc4c3[C@H]1N1CCC[C@@H]1[C@H]2c1ccc(C)cc1. The zero-order valence-electron chi connectivity index (χ0n) is 18.0. The molecule has 6 rings (SSSR count). The van der Waals surface area contributed by atoms with Crippen LogP contribution in [0.1, 0.15) is 41.5 Å². The Bertz CT molecular complexity index is 1170. The molecule has 3 aliphatic rings. The summed E-state index contributed by atoms with van der Waals surface area (Å²) in [5, 5.41) is 2.35. The first kappa shape index (κ1) is 18.9. The van der Waals surface area contributed by atoms with Crippen LogP contribution in [0.4, 0.5) is 0 Å². The van der Waals surface area contributed by atoms with Crippen LogP contribution in [-0.2, 0) is 9.53 Å². The minimum atomic E-state index is -0.758. The molecule has 158 valence electrons. The van der Waals surface area contributed by atoms with Crippen LogP contribution in [0.2, 0.25) is 0 Å². The van der Waals surface area contributed by atoms with E-state index in [1.54, 1.807) is 0 Å². The molecule has 4 atom stereocenters. The molecule has 2 saturated heterocycles. The average Bonchev–Trinajstić information content (AvgIpc) is 3.38. The Morgan fingerprint density at radius 2 is 1.90 bits per heavy atom. The molecule has 3 heterocycles. The highest BCUT2D eigenvalue weighted by Crippen LogP contribution is 2.64. The standard InChI is InChI=1S/C27H27NO3/c1-17-9-11-19(12-10-17)24-21-8-5-15-28(21)25-23-20-7-4-3-6-18(20)13-14-22(23)31-16-27(24,25)26(29)30-2/h3-4,6-7,9-14,21,24-25H,5,8,15-16H2,1-2H3/t21-,24-,25-,27+/m1/s1. The van der Waals surface area contributed by atoms with Crippen molar-refractivity contribution in [3.8, 4) is 5.75 Å². The van der Waals surface area contributed by atoms with Crippen molar-refractivity contribution in [1.29, 1.82) is 0 Å². The molecular weight excluding hydrogens is 386 g/mol. The van der Waals surface area contributed by atoms with Gasteiger partial charge in [-0.2, -0.15) is 0 Å². The lowest BCUT2D eigenvalue weighted by Gasteiger charge is -2.43. The van der Waals surface area contributed by atoms with Crippen molar-refractivity contribution in [2.45, 2.75) is 37.8 Å². The molecule has 3 aliphatic heterocycles. The third-order valence-electron chi connectivity index (χ3n) is 7.77. The van der Waals surface area contributed by atoms with Crippen LogP contribution in [0.15, 0.2) is 60.7 Å². The largest absolute Gasteiger partial charge is 0.492 e. The summed E-state index contributed by atoms with van der Waals surface area (Å²) in [6, 6.07) is 21.6. The molecule has 0 amide bonds. The number of carbonyl (C=O) groups is 1. The third-order valence-corrected chi connectivity index (χ3v) is 7.77. The molecule has 4 heteroatoms. The predicted molar refractivity (Wildman–Crippen MR) is 120 cm³/mol. The van der Waals surface area contributed by atoms with E-state index >= 15 is 0 Å². The predicted octanol–water partition coefficient (Wildman–Crippen LogP) is 5.00. The fourth-order valence-electron chi connectivity index (χ4n) is 6.56. The van der Waals surface area contributed by atoms with Crippen LogP contribution in [0.5, 0.6) is 5.75 Å². The molecule has 0 aromatic heterocycles. The van der Waals surface area contributed by atoms with E-state index in [2.05, 4.69) is 72.5 Å². The van der Waals surface area contributed by atoms with E-state index in [1.165, 1.54) is 29.0 Å². The second-order valence-corrected chi connectivity index (χ2v) is 9.26. The summed E-state index contributed by atoms with van der Waals surface area (Å²) in [7, 11) is 1.52. The zero-order chi connectivity index (χ0) is 21.2. The fourth-order valence-corrected chi connectivity index (χ4v) is 6.56. The van der Waals surface area contributed by atoms with Gasteiger partial charge in [-0.1, -0.05) is 60.2 Å². The lowest BCUT2D eigenvalue weighted by Crippen LogP contribution is -2.49. The molecular formula is C27H27NO3. The van der Waals surface area contributed by atoms with E-state index in [4.69, 9.17) is 9.47 Å². The van der Waals surface area contributed by atoms with Gasteiger partial charge in [-0.15, -0.1) is 0 Å². The van der Waals surface area contributed by atoms with Gasteiger partial charge in [-0.25, -0.2) is 0 Å².